The Bertz CT molecular complexity index is 203. The molecule has 0 spiro atoms. The molecule has 5 nitrogen and oxygen atoms in total. The molecular formula is C12H22O5. The first-order valence-electron chi connectivity index (χ1n) is 5.84. The molecule has 0 aromatic rings. The van der Waals surface area contributed by atoms with E-state index < -0.39 is 0 Å². The number of allylic oxidation sites excluding steroid dienone is 1. The largest absolute Gasteiger partial charge is 0.460 e. The maximum atomic E-state index is 10.9. The standard InChI is InChI=1S/C12H22O5/c1-3-5-12(13)17-11-10-16-9-8-15-7-6-14-4-2/h3,5H,4,6-11H2,1-2H3. The van der Waals surface area contributed by atoms with Crippen molar-refractivity contribution in [3.8, 4) is 0 Å². The van der Waals surface area contributed by atoms with E-state index in [1.165, 1.54) is 6.08 Å². The summed E-state index contributed by atoms with van der Waals surface area (Å²) in [6.45, 7) is 7.27. The summed E-state index contributed by atoms with van der Waals surface area (Å²) < 4.78 is 20.4. The van der Waals surface area contributed by atoms with Crippen molar-refractivity contribution in [3.63, 3.8) is 0 Å². The van der Waals surface area contributed by atoms with Crippen LogP contribution in [0.15, 0.2) is 12.2 Å². The lowest BCUT2D eigenvalue weighted by Crippen LogP contribution is -2.13. The van der Waals surface area contributed by atoms with Crippen LogP contribution < -0.4 is 0 Å². The van der Waals surface area contributed by atoms with E-state index in [1.54, 1.807) is 13.0 Å². The predicted molar refractivity (Wildman–Crippen MR) is 63.9 cm³/mol. The highest BCUT2D eigenvalue weighted by Gasteiger charge is 1.95. The predicted octanol–water partition coefficient (Wildman–Crippen LogP) is 1.18. The quantitative estimate of drug-likeness (QED) is 0.311. The summed E-state index contributed by atoms with van der Waals surface area (Å²) in [5.74, 6) is -0.343. The first-order valence-corrected chi connectivity index (χ1v) is 5.84. The average Bonchev–Trinajstić information content (AvgIpc) is 2.32. The average molecular weight is 246 g/mol. The summed E-state index contributed by atoms with van der Waals surface area (Å²) in [6, 6.07) is 0. The van der Waals surface area contributed by atoms with Gasteiger partial charge in [0, 0.05) is 12.7 Å². The minimum Gasteiger partial charge on any atom is -0.460 e. The summed E-state index contributed by atoms with van der Waals surface area (Å²) in [5.41, 5.74) is 0. The molecule has 5 heteroatoms. The summed E-state index contributed by atoms with van der Waals surface area (Å²) in [6.07, 6.45) is 3.01. The maximum Gasteiger partial charge on any atom is 0.330 e. The van der Waals surface area contributed by atoms with E-state index in [-0.39, 0.29) is 12.6 Å². The minimum absolute atomic E-state index is 0.266. The molecule has 0 amide bonds. The fraction of sp³-hybridized carbons (Fsp3) is 0.750. The van der Waals surface area contributed by atoms with Crippen molar-refractivity contribution in [2.45, 2.75) is 13.8 Å². The van der Waals surface area contributed by atoms with Gasteiger partial charge in [0.2, 0.25) is 0 Å². The van der Waals surface area contributed by atoms with Crippen LogP contribution in [0.25, 0.3) is 0 Å². The molecule has 0 atom stereocenters. The molecule has 0 unspecified atom stereocenters. The van der Waals surface area contributed by atoms with E-state index in [2.05, 4.69) is 0 Å². The van der Waals surface area contributed by atoms with Gasteiger partial charge in [-0.05, 0) is 13.8 Å². The molecule has 0 heterocycles. The Hall–Kier alpha value is -0.910. The Morgan fingerprint density at radius 2 is 1.47 bits per heavy atom. The number of rotatable bonds is 11. The van der Waals surface area contributed by atoms with Crippen molar-refractivity contribution < 1.29 is 23.7 Å². The third-order valence-electron chi connectivity index (χ3n) is 1.72. The van der Waals surface area contributed by atoms with Gasteiger partial charge in [0.05, 0.1) is 33.0 Å². The molecule has 0 aliphatic heterocycles. The van der Waals surface area contributed by atoms with Gasteiger partial charge in [0.1, 0.15) is 6.61 Å². The van der Waals surface area contributed by atoms with Gasteiger partial charge < -0.3 is 18.9 Å². The van der Waals surface area contributed by atoms with Crippen LogP contribution in [0.4, 0.5) is 0 Å². The van der Waals surface area contributed by atoms with Crippen LogP contribution in [0.1, 0.15) is 13.8 Å². The molecular weight excluding hydrogens is 224 g/mol. The van der Waals surface area contributed by atoms with Crippen molar-refractivity contribution in [2.24, 2.45) is 0 Å². The van der Waals surface area contributed by atoms with E-state index in [9.17, 15) is 4.79 Å². The maximum absolute atomic E-state index is 10.9. The summed E-state index contributed by atoms with van der Waals surface area (Å²) in [7, 11) is 0. The van der Waals surface area contributed by atoms with Crippen molar-refractivity contribution in [3.05, 3.63) is 12.2 Å². The van der Waals surface area contributed by atoms with Crippen molar-refractivity contribution in [1.29, 1.82) is 0 Å². The SMILES string of the molecule is CC=CC(=O)OCCOCCOCCOCC. The van der Waals surface area contributed by atoms with Gasteiger partial charge in [-0.25, -0.2) is 4.79 Å². The normalized spacial score (nSPS) is 10.9. The number of carbonyl (C=O) groups excluding carboxylic acids is 1. The van der Waals surface area contributed by atoms with Gasteiger partial charge in [-0.15, -0.1) is 0 Å². The second-order valence-corrected chi connectivity index (χ2v) is 3.09. The van der Waals surface area contributed by atoms with Gasteiger partial charge >= 0.3 is 5.97 Å². The van der Waals surface area contributed by atoms with Crippen LogP contribution in [0.2, 0.25) is 0 Å². The minimum atomic E-state index is -0.343. The lowest BCUT2D eigenvalue weighted by atomic mass is 10.5. The smallest absolute Gasteiger partial charge is 0.330 e. The monoisotopic (exact) mass is 246 g/mol. The molecule has 0 aliphatic rings. The van der Waals surface area contributed by atoms with Crippen LogP contribution in [0.3, 0.4) is 0 Å². The third-order valence-corrected chi connectivity index (χ3v) is 1.72. The number of hydrogen-bond acceptors (Lipinski definition) is 5. The van der Waals surface area contributed by atoms with E-state index in [1.807, 2.05) is 6.92 Å². The molecule has 0 aromatic heterocycles. The Labute approximate surface area is 103 Å². The highest BCUT2D eigenvalue weighted by molar-refractivity contribution is 5.81. The van der Waals surface area contributed by atoms with Crippen molar-refractivity contribution in [2.75, 3.05) is 46.2 Å². The molecule has 0 saturated carbocycles. The molecule has 0 N–H and O–H groups in total. The van der Waals surface area contributed by atoms with Crippen LogP contribution in [-0.2, 0) is 23.7 Å². The first kappa shape index (κ1) is 16.1. The number of hydrogen-bond donors (Lipinski definition) is 0. The molecule has 0 aromatic carbocycles. The number of esters is 1. The van der Waals surface area contributed by atoms with Crippen LogP contribution >= 0.6 is 0 Å². The lowest BCUT2D eigenvalue weighted by Gasteiger charge is -2.06. The van der Waals surface area contributed by atoms with Crippen molar-refractivity contribution >= 4 is 5.97 Å². The van der Waals surface area contributed by atoms with E-state index in [0.717, 1.165) is 0 Å². The zero-order valence-corrected chi connectivity index (χ0v) is 10.6. The lowest BCUT2D eigenvalue weighted by molar-refractivity contribution is -0.139. The van der Waals surface area contributed by atoms with Gasteiger partial charge in [-0.3, -0.25) is 0 Å². The second-order valence-electron chi connectivity index (χ2n) is 3.09. The summed E-state index contributed by atoms with van der Waals surface area (Å²) >= 11 is 0. The number of ether oxygens (including phenoxy) is 4. The highest BCUT2D eigenvalue weighted by atomic mass is 16.6. The Kier molecular flexibility index (Phi) is 12.5. The van der Waals surface area contributed by atoms with E-state index >= 15 is 0 Å². The van der Waals surface area contributed by atoms with Crippen LogP contribution in [0.5, 0.6) is 0 Å². The van der Waals surface area contributed by atoms with E-state index in [0.29, 0.717) is 39.6 Å². The van der Waals surface area contributed by atoms with E-state index in [4.69, 9.17) is 18.9 Å². The molecule has 0 fully saturated rings. The molecule has 17 heavy (non-hydrogen) atoms. The topological polar surface area (TPSA) is 54.0 Å². The Morgan fingerprint density at radius 1 is 0.941 bits per heavy atom. The van der Waals surface area contributed by atoms with Gasteiger partial charge in [0.25, 0.3) is 0 Å². The zero-order chi connectivity index (χ0) is 12.8. The molecule has 0 saturated heterocycles. The van der Waals surface area contributed by atoms with Crippen molar-refractivity contribution in [1.82, 2.24) is 0 Å². The molecule has 0 aliphatic carbocycles. The zero-order valence-electron chi connectivity index (χ0n) is 10.6. The highest BCUT2D eigenvalue weighted by Crippen LogP contribution is 1.84. The van der Waals surface area contributed by atoms with Crippen LogP contribution in [0, 0.1) is 0 Å². The first-order chi connectivity index (χ1) is 8.31. The molecule has 0 bridgehead atoms. The second kappa shape index (κ2) is 13.2. The van der Waals surface area contributed by atoms with Gasteiger partial charge in [-0.2, -0.15) is 0 Å². The van der Waals surface area contributed by atoms with Gasteiger partial charge in [-0.1, -0.05) is 6.08 Å². The molecule has 0 radical (unpaired) electrons. The van der Waals surface area contributed by atoms with Gasteiger partial charge in [0.15, 0.2) is 0 Å². The Balaban J connectivity index is 3.06. The molecule has 100 valence electrons. The van der Waals surface area contributed by atoms with Crippen LogP contribution in [-0.4, -0.2) is 52.2 Å². The summed E-state index contributed by atoms with van der Waals surface area (Å²) in [4.78, 5) is 10.9. The third kappa shape index (κ3) is 13.0. The Morgan fingerprint density at radius 3 is 2.00 bits per heavy atom. The molecule has 0 rings (SSSR count). The summed E-state index contributed by atoms with van der Waals surface area (Å²) in [5, 5.41) is 0. The fourth-order valence-electron chi connectivity index (χ4n) is 0.970. The number of carbonyl (C=O) groups is 1. The fourth-order valence-corrected chi connectivity index (χ4v) is 0.970.